The maximum Gasteiger partial charge on any atom is 0.107 e. The van der Waals surface area contributed by atoms with Gasteiger partial charge in [0, 0.05) is 29.1 Å². The molecule has 0 spiro atoms. The van der Waals surface area contributed by atoms with Gasteiger partial charge in [-0.3, -0.25) is 0 Å². The Morgan fingerprint density at radius 3 is 2.70 bits per heavy atom. The van der Waals surface area contributed by atoms with Crippen LogP contribution in [0.3, 0.4) is 0 Å². The number of imidazole rings is 1. The Morgan fingerprint density at radius 1 is 1.25 bits per heavy atom. The largest absolute Gasteiger partial charge is 0.342 e. The Balaban J connectivity index is 2.07. The fourth-order valence-electron chi connectivity index (χ4n) is 1.89. The number of nitrogens with zero attached hydrogens (tertiary/aromatic N) is 1. The lowest BCUT2D eigenvalue weighted by Crippen LogP contribution is -2.37. The maximum atomic E-state index is 6.19. The van der Waals surface area contributed by atoms with Crippen molar-refractivity contribution in [3.05, 3.63) is 40.3 Å². The van der Waals surface area contributed by atoms with Gasteiger partial charge in [-0.1, -0.05) is 23.2 Å². The predicted octanol–water partition coefficient (Wildman–Crippen LogP) is 4.31. The molecule has 0 fully saturated rings. The van der Waals surface area contributed by atoms with E-state index in [1.165, 1.54) is 0 Å². The van der Waals surface area contributed by atoms with Gasteiger partial charge in [0.1, 0.15) is 5.82 Å². The van der Waals surface area contributed by atoms with Crippen molar-refractivity contribution in [1.29, 1.82) is 0 Å². The Labute approximate surface area is 129 Å². The van der Waals surface area contributed by atoms with Crippen molar-refractivity contribution in [2.24, 2.45) is 0 Å². The minimum absolute atomic E-state index is 0.117. The molecule has 0 amide bonds. The van der Waals surface area contributed by atoms with Crippen LogP contribution in [-0.4, -0.2) is 22.1 Å². The third kappa shape index (κ3) is 4.23. The molecule has 0 unspecified atom stereocenters. The second-order valence-electron chi connectivity index (χ2n) is 5.79. The van der Waals surface area contributed by atoms with Gasteiger partial charge >= 0.3 is 0 Å². The van der Waals surface area contributed by atoms with Crippen LogP contribution in [0.1, 0.15) is 26.6 Å². The van der Waals surface area contributed by atoms with Crippen LogP contribution < -0.4 is 5.32 Å². The van der Waals surface area contributed by atoms with Crippen molar-refractivity contribution in [2.45, 2.75) is 32.7 Å². The quantitative estimate of drug-likeness (QED) is 0.883. The van der Waals surface area contributed by atoms with Crippen molar-refractivity contribution < 1.29 is 0 Å². The van der Waals surface area contributed by atoms with E-state index in [-0.39, 0.29) is 5.54 Å². The minimum Gasteiger partial charge on any atom is -0.342 e. The van der Waals surface area contributed by atoms with Crippen molar-refractivity contribution in [2.75, 3.05) is 6.54 Å². The van der Waals surface area contributed by atoms with E-state index in [2.05, 4.69) is 36.1 Å². The van der Waals surface area contributed by atoms with Gasteiger partial charge in [-0.2, -0.15) is 0 Å². The average Bonchev–Trinajstić information content (AvgIpc) is 2.79. The van der Waals surface area contributed by atoms with Crippen molar-refractivity contribution in [1.82, 2.24) is 15.3 Å². The third-order valence-electron chi connectivity index (χ3n) is 2.86. The van der Waals surface area contributed by atoms with E-state index in [9.17, 15) is 0 Å². The molecule has 2 aromatic rings. The van der Waals surface area contributed by atoms with Crippen LogP contribution in [0.25, 0.3) is 11.3 Å². The minimum atomic E-state index is 0.117. The van der Waals surface area contributed by atoms with Gasteiger partial charge in [-0.25, -0.2) is 4.98 Å². The highest BCUT2D eigenvalue weighted by Crippen LogP contribution is 2.29. The zero-order valence-electron chi connectivity index (χ0n) is 11.9. The Kier molecular flexibility index (Phi) is 4.74. The van der Waals surface area contributed by atoms with Crippen LogP contribution in [-0.2, 0) is 6.42 Å². The maximum absolute atomic E-state index is 6.19. The number of rotatable bonds is 4. The van der Waals surface area contributed by atoms with Crippen molar-refractivity contribution in [3.8, 4) is 11.3 Å². The first kappa shape index (κ1) is 15.4. The number of halogens is 2. The van der Waals surface area contributed by atoms with Crippen LogP contribution in [0.15, 0.2) is 24.4 Å². The first-order valence-corrected chi connectivity index (χ1v) is 7.35. The van der Waals surface area contributed by atoms with Crippen LogP contribution in [0.2, 0.25) is 10.0 Å². The molecule has 0 aliphatic rings. The highest BCUT2D eigenvalue weighted by atomic mass is 35.5. The summed E-state index contributed by atoms with van der Waals surface area (Å²) in [5, 5.41) is 4.76. The molecule has 2 N–H and O–H groups in total. The molecule has 1 heterocycles. The molecule has 1 aromatic heterocycles. The molecule has 20 heavy (non-hydrogen) atoms. The summed E-state index contributed by atoms with van der Waals surface area (Å²) in [4.78, 5) is 7.68. The van der Waals surface area contributed by atoms with E-state index in [1.54, 1.807) is 18.3 Å². The molecule has 1 aromatic carbocycles. The fourth-order valence-corrected chi connectivity index (χ4v) is 2.28. The number of aromatic nitrogens is 2. The first-order valence-electron chi connectivity index (χ1n) is 6.59. The second-order valence-corrected chi connectivity index (χ2v) is 6.64. The van der Waals surface area contributed by atoms with E-state index < -0.39 is 0 Å². The molecule has 0 radical (unpaired) electrons. The normalized spacial score (nSPS) is 11.8. The van der Waals surface area contributed by atoms with Crippen LogP contribution in [0, 0.1) is 0 Å². The van der Waals surface area contributed by atoms with E-state index in [0.717, 1.165) is 30.0 Å². The summed E-state index contributed by atoms with van der Waals surface area (Å²) in [7, 11) is 0. The smallest absolute Gasteiger partial charge is 0.107 e. The van der Waals surface area contributed by atoms with Crippen molar-refractivity contribution >= 4 is 23.2 Å². The molecule has 3 nitrogen and oxygen atoms in total. The Hall–Kier alpha value is -1.03. The van der Waals surface area contributed by atoms with Gasteiger partial charge < -0.3 is 10.3 Å². The lowest BCUT2D eigenvalue weighted by Gasteiger charge is -2.19. The lowest BCUT2D eigenvalue weighted by molar-refractivity contribution is 0.427. The molecular weight excluding hydrogens is 293 g/mol. The number of hydrogen-bond acceptors (Lipinski definition) is 2. The van der Waals surface area contributed by atoms with E-state index >= 15 is 0 Å². The topological polar surface area (TPSA) is 40.7 Å². The second kappa shape index (κ2) is 6.17. The average molecular weight is 312 g/mol. The van der Waals surface area contributed by atoms with Gasteiger partial charge in [-0.05, 0) is 39.0 Å². The van der Waals surface area contributed by atoms with Crippen LogP contribution in [0.5, 0.6) is 0 Å². The summed E-state index contributed by atoms with van der Waals surface area (Å²) >= 11 is 12.2. The summed E-state index contributed by atoms with van der Waals surface area (Å²) in [5.74, 6) is 0.938. The van der Waals surface area contributed by atoms with Gasteiger partial charge in [-0.15, -0.1) is 0 Å². The molecule has 5 heteroatoms. The monoisotopic (exact) mass is 311 g/mol. The molecule has 0 saturated heterocycles. The number of benzene rings is 1. The summed E-state index contributed by atoms with van der Waals surface area (Å²) in [6, 6.07) is 5.41. The Bertz CT molecular complexity index is 585. The standard InChI is InChI=1S/C15H19Cl2N3/c1-15(2,3)19-7-6-14-18-9-13(20-14)11-8-10(16)4-5-12(11)17/h4-5,8-9,19H,6-7H2,1-3H3,(H,18,20). The number of hydrogen-bond donors (Lipinski definition) is 2. The number of nitrogens with one attached hydrogen (secondary N) is 2. The van der Waals surface area contributed by atoms with E-state index in [1.807, 2.05) is 6.07 Å². The SMILES string of the molecule is CC(C)(C)NCCc1ncc(-c2cc(Cl)ccc2Cl)[nH]1. The molecule has 0 aliphatic heterocycles. The first-order chi connectivity index (χ1) is 9.35. The van der Waals surface area contributed by atoms with Gasteiger partial charge in [0.05, 0.1) is 16.9 Å². The van der Waals surface area contributed by atoms with Gasteiger partial charge in [0.15, 0.2) is 0 Å². The third-order valence-corrected chi connectivity index (χ3v) is 3.43. The number of H-pyrrole nitrogens is 1. The zero-order chi connectivity index (χ0) is 14.8. The summed E-state index contributed by atoms with van der Waals surface area (Å²) in [6.45, 7) is 7.31. The predicted molar refractivity (Wildman–Crippen MR) is 85.5 cm³/mol. The molecule has 0 bridgehead atoms. The van der Waals surface area contributed by atoms with E-state index in [4.69, 9.17) is 23.2 Å². The molecule has 0 aliphatic carbocycles. The van der Waals surface area contributed by atoms with Crippen molar-refractivity contribution in [3.63, 3.8) is 0 Å². The van der Waals surface area contributed by atoms with Gasteiger partial charge in [0.25, 0.3) is 0 Å². The Morgan fingerprint density at radius 2 is 2.00 bits per heavy atom. The summed E-state index contributed by atoms with van der Waals surface area (Å²) in [5.41, 5.74) is 1.89. The molecular formula is C15H19Cl2N3. The molecule has 0 saturated carbocycles. The van der Waals surface area contributed by atoms with E-state index in [0.29, 0.717) is 10.0 Å². The highest BCUT2D eigenvalue weighted by Gasteiger charge is 2.10. The zero-order valence-corrected chi connectivity index (χ0v) is 13.4. The molecule has 108 valence electrons. The lowest BCUT2D eigenvalue weighted by atomic mass is 10.1. The highest BCUT2D eigenvalue weighted by molar-refractivity contribution is 6.35. The van der Waals surface area contributed by atoms with Crippen LogP contribution >= 0.6 is 23.2 Å². The van der Waals surface area contributed by atoms with Crippen LogP contribution in [0.4, 0.5) is 0 Å². The fraction of sp³-hybridized carbons (Fsp3) is 0.400. The molecule has 0 atom stereocenters. The summed E-state index contributed by atoms with van der Waals surface area (Å²) in [6.07, 6.45) is 2.64. The summed E-state index contributed by atoms with van der Waals surface area (Å²) < 4.78 is 0. The number of aromatic amines is 1. The van der Waals surface area contributed by atoms with Gasteiger partial charge in [0.2, 0.25) is 0 Å². The molecule has 2 rings (SSSR count).